The summed E-state index contributed by atoms with van der Waals surface area (Å²) in [6.45, 7) is 1.40. The second-order valence-corrected chi connectivity index (χ2v) is 4.53. The number of likely N-dealkylation sites (tertiary alicyclic amines) is 1. The van der Waals surface area contributed by atoms with Crippen LogP contribution in [0.25, 0.3) is 0 Å². The molecule has 2 heterocycles. The maximum Gasteiger partial charge on any atom is 0.252 e. The molecule has 0 aromatic carbocycles. The summed E-state index contributed by atoms with van der Waals surface area (Å²) in [5, 5.41) is 9.02. The first-order valence-electron chi connectivity index (χ1n) is 6.14. The molecule has 2 aliphatic rings. The highest BCUT2D eigenvalue weighted by molar-refractivity contribution is 5.81. The summed E-state index contributed by atoms with van der Waals surface area (Å²) >= 11 is 0. The van der Waals surface area contributed by atoms with Crippen LogP contribution in [0.2, 0.25) is 0 Å². The highest BCUT2D eigenvalue weighted by atomic mass is 16.5. The van der Waals surface area contributed by atoms with E-state index in [1.807, 2.05) is 0 Å². The molecule has 0 spiro atoms. The minimum atomic E-state index is -0.289. The highest BCUT2D eigenvalue weighted by Crippen LogP contribution is 2.21. The number of nitriles is 1. The molecule has 0 radical (unpaired) electrons. The summed E-state index contributed by atoms with van der Waals surface area (Å²) in [5.41, 5.74) is 0. The van der Waals surface area contributed by atoms with Crippen LogP contribution in [0.1, 0.15) is 38.5 Å². The second kappa shape index (κ2) is 5.31. The average molecular weight is 222 g/mol. The number of piperidine rings is 1. The molecule has 2 fully saturated rings. The Morgan fingerprint density at radius 3 is 2.75 bits per heavy atom. The Balaban J connectivity index is 1.98. The number of hydrogen-bond donors (Lipinski definition) is 0. The summed E-state index contributed by atoms with van der Waals surface area (Å²) in [5.74, 6) is 0.0333. The molecule has 0 aromatic heterocycles. The molecule has 0 bridgehead atoms. The number of hydrogen-bond acceptors (Lipinski definition) is 3. The van der Waals surface area contributed by atoms with E-state index in [0.717, 1.165) is 45.1 Å². The Labute approximate surface area is 96.2 Å². The molecule has 88 valence electrons. The van der Waals surface area contributed by atoms with E-state index in [1.54, 1.807) is 4.90 Å². The first-order chi connectivity index (χ1) is 7.83. The minimum absolute atomic E-state index is 0.0333. The van der Waals surface area contributed by atoms with Crippen LogP contribution in [-0.2, 0) is 9.53 Å². The molecule has 2 rings (SSSR count). The van der Waals surface area contributed by atoms with Crippen LogP contribution in [0, 0.1) is 11.3 Å². The fourth-order valence-electron chi connectivity index (χ4n) is 2.45. The van der Waals surface area contributed by atoms with Gasteiger partial charge in [-0.25, -0.2) is 0 Å². The quantitative estimate of drug-likeness (QED) is 0.675. The van der Waals surface area contributed by atoms with E-state index >= 15 is 0 Å². The van der Waals surface area contributed by atoms with Crippen molar-refractivity contribution in [3.8, 4) is 6.07 Å². The van der Waals surface area contributed by atoms with Gasteiger partial charge in [0.05, 0.1) is 6.07 Å². The van der Waals surface area contributed by atoms with Gasteiger partial charge in [0.2, 0.25) is 0 Å². The topological polar surface area (TPSA) is 53.3 Å². The molecule has 2 unspecified atom stereocenters. The van der Waals surface area contributed by atoms with E-state index in [0.29, 0.717) is 6.61 Å². The summed E-state index contributed by atoms with van der Waals surface area (Å²) in [4.78, 5) is 13.9. The van der Waals surface area contributed by atoms with Crippen molar-refractivity contribution >= 4 is 5.91 Å². The van der Waals surface area contributed by atoms with Crippen LogP contribution in [0.15, 0.2) is 0 Å². The van der Waals surface area contributed by atoms with Gasteiger partial charge < -0.3 is 9.64 Å². The lowest BCUT2D eigenvalue weighted by Gasteiger charge is -2.35. The van der Waals surface area contributed by atoms with Gasteiger partial charge in [-0.15, -0.1) is 0 Å². The number of nitrogens with zero attached hydrogens (tertiary/aromatic N) is 2. The first-order valence-corrected chi connectivity index (χ1v) is 6.14. The Morgan fingerprint density at radius 2 is 2.06 bits per heavy atom. The summed E-state index contributed by atoms with van der Waals surface area (Å²) in [6.07, 6.45) is 5.50. The highest BCUT2D eigenvalue weighted by Gasteiger charge is 2.32. The molecule has 0 aromatic rings. The molecule has 0 saturated carbocycles. The van der Waals surface area contributed by atoms with Crippen molar-refractivity contribution in [2.45, 2.75) is 50.7 Å². The number of amides is 1. The van der Waals surface area contributed by atoms with Crippen molar-refractivity contribution < 1.29 is 9.53 Å². The van der Waals surface area contributed by atoms with Gasteiger partial charge in [0.1, 0.15) is 12.1 Å². The molecule has 4 heteroatoms. The third-order valence-electron chi connectivity index (χ3n) is 3.39. The summed E-state index contributed by atoms with van der Waals surface area (Å²) in [7, 11) is 0. The number of ether oxygens (including phenoxy) is 1. The Hall–Kier alpha value is -1.08. The van der Waals surface area contributed by atoms with Crippen molar-refractivity contribution in [3.63, 3.8) is 0 Å². The zero-order valence-electron chi connectivity index (χ0n) is 9.52. The maximum absolute atomic E-state index is 12.2. The lowest BCUT2D eigenvalue weighted by Crippen LogP contribution is -2.49. The third-order valence-corrected chi connectivity index (χ3v) is 3.39. The van der Waals surface area contributed by atoms with Crippen molar-refractivity contribution in [1.82, 2.24) is 4.90 Å². The van der Waals surface area contributed by atoms with Gasteiger partial charge in [0, 0.05) is 13.2 Å². The number of rotatable bonds is 1. The van der Waals surface area contributed by atoms with E-state index in [4.69, 9.17) is 10.00 Å². The molecule has 2 aliphatic heterocycles. The fraction of sp³-hybridized carbons (Fsp3) is 0.833. The van der Waals surface area contributed by atoms with Crippen LogP contribution in [0.4, 0.5) is 0 Å². The molecule has 1 amide bonds. The zero-order valence-corrected chi connectivity index (χ0v) is 9.52. The van der Waals surface area contributed by atoms with Crippen LogP contribution >= 0.6 is 0 Å². The molecule has 0 aliphatic carbocycles. The molecule has 4 nitrogen and oxygen atoms in total. The molecule has 2 atom stereocenters. The van der Waals surface area contributed by atoms with Crippen LogP contribution in [0.5, 0.6) is 0 Å². The van der Waals surface area contributed by atoms with Crippen LogP contribution < -0.4 is 0 Å². The molecule has 16 heavy (non-hydrogen) atoms. The molecule has 0 N–H and O–H groups in total. The largest absolute Gasteiger partial charge is 0.368 e. The van der Waals surface area contributed by atoms with E-state index in [1.165, 1.54) is 0 Å². The number of carbonyl (C=O) groups is 1. The zero-order chi connectivity index (χ0) is 11.4. The molecular formula is C12H18N2O2. The van der Waals surface area contributed by atoms with Gasteiger partial charge in [-0.2, -0.15) is 5.26 Å². The minimum Gasteiger partial charge on any atom is -0.368 e. The van der Waals surface area contributed by atoms with Gasteiger partial charge in [0.25, 0.3) is 5.91 Å². The van der Waals surface area contributed by atoms with Crippen molar-refractivity contribution in [2.75, 3.05) is 13.2 Å². The van der Waals surface area contributed by atoms with Crippen molar-refractivity contribution in [3.05, 3.63) is 0 Å². The SMILES string of the molecule is N#CC1CCCCN1C(=O)C1CCCCO1. The summed E-state index contributed by atoms with van der Waals surface area (Å²) in [6, 6.07) is 1.99. The van der Waals surface area contributed by atoms with Gasteiger partial charge >= 0.3 is 0 Å². The van der Waals surface area contributed by atoms with E-state index in [2.05, 4.69) is 6.07 Å². The standard InChI is InChI=1S/C12H18N2O2/c13-9-10-5-1-3-7-14(10)12(15)11-6-2-4-8-16-11/h10-11H,1-8H2. The predicted molar refractivity (Wildman–Crippen MR) is 58.6 cm³/mol. The lowest BCUT2D eigenvalue weighted by atomic mass is 10.0. The monoisotopic (exact) mass is 222 g/mol. The smallest absolute Gasteiger partial charge is 0.252 e. The van der Waals surface area contributed by atoms with E-state index in [-0.39, 0.29) is 18.1 Å². The van der Waals surface area contributed by atoms with E-state index in [9.17, 15) is 4.79 Å². The Morgan fingerprint density at radius 1 is 1.25 bits per heavy atom. The molecular weight excluding hydrogens is 204 g/mol. The normalized spacial score (nSPS) is 30.8. The Bertz CT molecular complexity index is 292. The van der Waals surface area contributed by atoms with Crippen LogP contribution in [0.3, 0.4) is 0 Å². The Kier molecular flexibility index (Phi) is 3.79. The van der Waals surface area contributed by atoms with Gasteiger partial charge in [-0.3, -0.25) is 4.79 Å². The van der Waals surface area contributed by atoms with Gasteiger partial charge in [-0.1, -0.05) is 0 Å². The van der Waals surface area contributed by atoms with Crippen molar-refractivity contribution in [1.29, 1.82) is 5.26 Å². The predicted octanol–water partition coefficient (Wildman–Crippen LogP) is 1.46. The summed E-state index contributed by atoms with van der Waals surface area (Å²) < 4.78 is 5.49. The van der Waals surface area contributed by atoms with Gasteiger partial charge in [-0.05, 0) is 38.5 Å². The lowest BCUT2D eigenvalue weighted by molar-refractivity contribution is -0.149. The van der Waals surface area contributed by atoms with E-state index < -0.39 is 0 Å². The van der Waals surface area contributed by atoms with Crippen LogP contribution in [-0.4, -0.2) is 36.1 Å². The fourth-order valence-corrected chi connectivity index (χ4v) is 2.45. The average Bonchev–Trinajstić information content (AvgIpc) is 2.39. The van der Waals surface area contributed by atoms with Gasteiger partial charge in [0.15, 0.2) is 0 Å². The second-order valence-electron chi connectivity index (χ2n) is 4.53. The maximum atomic E-state index is 12.2. The number of carbonyl (C=O) groups excluding carboxylic acids is 1. The van der Waals surface area contributed by atoms with Crippen molar-refractivity contribution in [2.24, 2.45) is 0 Å². The molecule has 2 saturated heterocycles. The first kappa shape index (κ1) is 11.4. The third kappa shape index (κ3) is 2.35.